The van der Waals surface area contributed by atoms with E-state index in [1.54, 1.807) is 12.1 Å². The molecule has 29 heavy (non-hydrogen) atoms. The van der Waals surface area contributed by atoms with Crippen molar-refractivity contribution in [2.75, 3.05) is 13.1 Å². The molecule has 0 radical (unpaired) electrons. The predicted molar refractivity (Wildman–Crippen MR) is 108 cm³/mol. The van der Waals surface area contributed by atoms with Gasteiger partial charge in [-0.05, 0) is 55.9 Å². The zero-order valence-electron chi connectivity index (χ0n) is 16.7. The van der Waals surface area contributed by atoms with Crippen LogP contribution in [-0.4, -0.2) is 44.8 Å². The fourth-order valence-corrected chi connectivity index (χ4v) is 5.27. The summed E-state index contributed by atoms with van der Waals surface area (Å²) in [5, 5.41) is 12.1. The Balaban J connectivity index is 1.38. The Morgan fingerprint density at radius 2 is 1.79 bits per heavy atom. The number of aryl methyl sites for hydroxylation is 1. The average Bonchev–Trinajstić information content (AvgIpc) is 3.30. The molecule has 0 bridgehead atoms. The number of rotatable bonds is 2. The van der Waals surface area contributed by atoms with Crippen molar-refractivity contribution in [3.63, 3.8) is 0 Å². The lowest BCUT2D eigenvalue weighted by Gasteiger charge is -2.26. The third-order valence-corrected chi connectivity index (χ3v) is 6.80. The first-order valence-corrected chi connectivity index (χ1v) is 10.9. The van der Waals surface area contributed by atoms with Crippen LogP contribution in [0.2, 0.25) is 0 Å². The average molecular weight is 397 g/mol. The number of urea groups is 1. The number of carbonyl (C=O) groups excluding carboxylic acids is 1. The van der Waals surface area contributed by atoms with Crippen LogP contribution in [0.3, 0.4) is 0 Å². The SMILES string of the molecule is O=C(NC1CCCCC1)N1C[C@H]2CCCc3nnc(-c4ccc(F)cc4)n3[C@H]2C1. The van der Waals surface area contributed by atoms with Crippen LogP contribution in [0.4, 0.5) is 9.18 Å². The number of hydrogen-bond donors (Lipinski definition) is 1. The van der Waals surface area contributed by atoms with Gasteiger partial charge in [-0.2, -0.15) is 0 Å². The van der Waals surface area contributed by atoms with Crippen LogP contribution in [0.15, 0.2) is 24.3 Å². The molecule has 2 atom stereocenters. The van der Waals surface area contributed by atoms with Crippen molar-refractivity contribution in [3.05, 3.63) is 35.9 Å². The maximum Gasteiger partial charge on any atom is 0.317 e. The molecule has 1 aromatic heterocycles. The minimum atomic E-state index is -0.256. The predicted octanol–water partition coefficient (Wildman–Crippen LogP) is 3.94. The van der Waals surface area contributed by atoms with Gasteiger partial charge in [0, 0.05) is 31.1 Å². The van der Waals surface area contributed by atoms with Crippen molar-refractivity contribution >= 4 is 6.03 Å². The second-order valence-corrected chi connectivity index (χ2v) is 8.73. The number of hydrogen-bond acceptors (Lipinski definition) is 3. The fraction of sp³-hybridized carbons (Fsp3) is 0.591. The molecule has 2 amide bonds. The summed E-state index contributed by atoms with van der Waals surface area (Å²) in [6.07, 6.45) is 8.93. The third-order valence-electron chi connectivity index (χ3n) is 6.80. The summed E-state index contributed by atoms with van der Waals surface area (Å²) in [5.74, 6) is 1.91. The molecule has 6 nitrogen and oxygen atoms in total. The van der Waals surface area contributed by atoms with Gasteiger partial charge >= 0.3 is 6.03 Å². The first kappa shape index (κ1) is 18.6. The highest BCUT2D eigenvalue weighted by Gasteiger charge is 2.40. The van der Waals surface area contributed by atoms with Crippen LogP contribution in [0.5, 0.6) is 0 Å². The number of aromatic nitrogens is 3. The molecule has 7 heteroatoms. The lowest BCUT2D eigenvalue weighted by Crippen LogP contribution is -2.44. The second kappa shape index (κ2) is 7.76. The lowest BCUT2D eigenvalue weighted by molar-refractivity contribution is 0.197. The highest BCUT2D eigenvalue weighted by atomic mass is 19.1. The molecule has 1 N–H and O–H groups in total. The first-order chi connectivity index (χ1) is 14.2. The van der Waals surface area contributed by atoms with E-state index in [-0.39, 0.29) is 17.9 Å². The van der Waals surface area contributed by atoms with Crippen LogP contribution in [-0.2, 0) is 6.42 Å². The molecule has 1 saturated heterocycles. The topological polar surface area (TPSA) is 63.1 Å². The van der Waals surface area contributed by atoms with Gasteiger partial charge < -0.3 is 14.8 Å². The Hall–Kier alpha value is -2.44. The Bertz CT molecular complexity index is 874. The standard InChI is InChI=1S/C22H28FN5O/c23-17-11-9-15(10-12-17)21-26-25-20-8-4-5-16-13-27(14-19(16)28(20)21)22(29)24-18-6-2-1-3-7-18/h9-12,16,18-19H,1-8,13-14H2,(H,24,29)/t16-,19+/m1/s1. The van der Waals surface area contributed by atoms with E-state index in [2.05, 4.69) is 20.1 Å². The van der Waals surface area contributed by atoms with Gasteiger partial charge in [0.2, 0.25) is 0 Å². The molecule has 3 aliphatic rings. The van der Waals surface area contributed by atoms with Gasteiger partial charge in [-0.1, -0.05) is 19.3 Å². The fourth-order valence-electron chi connectivity index (χ4n) is 5.27. The number of amides is 2. The third kappa shape index (κ3) is 3.63. The van der Waals surface area contributed by atoms with E-state index in [9.17, 15) is 9.18 Å². The van der Waals surface area contributed by atoms with Crippen LogP contribution < -0.4 is 5.32 Å². The first-order valence-electron chi connectivity index (χ1n) is 10.9. The Morgan fingerprint density at radius 3 is 2.59 bits per heavy atom. The van der Waals surface area contributed by atoms with E-state index in [4.69, 9.17) is 0 Å². The normalized spacial score (nSPS) is 24.7. The largest absolute Gasteiger partial charge is 0.335 e. The van der Waals surface area contributed by atoms with Crippen molar-refractivity contribution in [3.8, 4) is 11.4 Å². The minimum absolute atomic E-state index is 0.0722. The molecule has 2 aliphatic heterocycles. The number of nitrogens with one attached hydrogen (secondary N) is 1. The van der Waals surface area contributed by atoms with Crippen molar-refractivity contribution in [2.45, 2.75) is 63.5 Å². The van der Waals surface area contributed by atoms with Gasteiger partial charge in [-0.3, -0.25) is 0 Å². The van der Waals surface area contributed by atoms with Gasteiger partial charge in [0.15, 0.2) is 5.82 Å². The molecule has 2 fully saturated rings. The molecule has 0 unspecified atom stereocenters. The molecular formula is C22H28FN5O. The second-order valence-electron chi connectivity index (χ2n) is 8.73. The lowest BCUT2D eigenvalue weighted by atomic mass is 9.96. The molecule has 2 aromatic rings. The molecule has 1 saturated carbocycles. The van der Waals surface area contributed by atoms with Crippen LogP contribution in [0.25, 0.3) is 11.4 Å². The van der Waals surface area contributed by atoms with E-state index >= 15 is 0 Å². The van der Waals surface area contributed by atoms with Crippen LogP contribution in [0.1, 0.15) is 56.8 Å². The van der Waals surface area contributed by atoms with Crippen molar-refractivity contribution in [1.82, 2.24) is 25.0 Å². The van der Waals surface area contributed by atoms with E-state index in [0.29, 0.717) is 18.5 Å². The van der Waals surface area contributed by atoms with Gasteiger partial charge in [-0.25, -0.2) is 9.18 Å². The van der Waals surface area contributed by atoms with Gasteiger partial charge in [-0.15, -0.1) is 10.2 Å². The summed E-state index contributed by atoms with van der Waals surface area (Å²) in [6, 6.07) is 7.02. The quantitative estimate of drug-likeness (QED) is 0.835. The minimum Gasteiger partial charge on any atom is -0.335 e. The number of nitrogens with zero attached hydrogens (tertiary/aromatic N) is 4. The maximum absolute atomic E-state index is 13.4. The van der Waals surface area contributed by atoms with Gasteiger partial charge in [0.25, 0.3) is 0 Å². The monoisotopic (exact) mass is 397 g/mol. The smallest absolute Gasteiger partial charge is 0.317 e. The van der Waals surface area contributed by atoms with Crippen molar-refractivity contribution in [2.24, 2.45) is 5.92 Å². The number of carbonyl (C=O) groups is 1. The number of fused-ring (bicyclic) bond motifs is 3. The number of likely N-dealkylation sites (tertiary alicyclic amines) is 1. The maximum atomic E-state index is 13.4. The number of benzene rings is 1. The van der Waals surface area contributed by atoms with Crippen molar-refractivity contribution < 1.29 is 9.18 Å². The summed E-state index contributed by atoms with van der Waals surface area (Å²) in [5.41, 5.74) is 0.871. The summed E-state index contributed by atoms with van der Waals surface area (Å²) in [6.45, 7) is 1.46. The molecule has 0 spiro atoms. The molecule has 1 aliphatic carbocycles. The van der Waals surface area contributed by atoms with Crippen molar-refractivity contribution in [1.29, 1.82) is 0 Å². The van der Waals surface area contributed by atoms with E-state index in [1.807, 2.05) is 4.90 Å². The summed E-state index contributed by atoms with van der Waals surface area (Å²) < 4.78 is 15.6. The summed E-state index contributed by atoms with van der Waals surface area (Å²) in [4.78, 5) is 14.9. The number of halogens is 1. The Labute approximate surface area is 170 Å². The Morgan fingerprint density at radius 1 is 1.00 bits per heavy atom. The van der Waals surface area contributed by atoms with E-state index in [1.165, 1.54) is 31.4 Å². The summed E-state index contributed by atoms with van der Waals surface area (Å²) in [7, 11) is 0. The van der Waals surface area contributed by atoms with Crippen LogP contribution in [0, 0.1) is 11.7 Å². The highest BCUT2D eigenvalue weighted by Crippen LogP contribution is 2.38. The van der Waals surface area contributed by atoms with Crippen LogP contribution >= 0.6 is 0 Å². The zero-order valence-corrected chi connectivity index (χ0v) is 16.7. The molecule has 1 aromatic carbocycles. The zero-order chi connectivity index (χ0) is 19.8. The highest BCUT2D eigenvalue weighted by molar-refractivity contribution is 5.75. The molecular weight excluding hydrogens is 369 g/mol. The van der Waals surface area contributed by atoms with E-state index < -0.39 is 0 Å². The van der Waals surface area contributed by atoms with Gasteiger partial charge in [0.1, 0.15) is 11.6 Å². The molecule has 5 rings (SSSR count). The Kier molecular flexibility index (Phi) is 4.97. The van der Waals surface area contributed by atoms with E-state index in [0.717, 1.165) is 55.9 Å². The molecule has 154 valence electrons. The molecule has 3 heterocycles. The summed E-state index contributed by atoms with van der Waals surface area (Å²) >= 11 is 0. The van der Waals surface area contributed by atoms with Gasteiger partial charge in [0.05, 0.1) is 6.04 Å².